The van der Waals surface area contributed by atoms with Crippen LogP contribution >= 0.6 is 12.6 Å². The van der Waals surface area contributed by atoms with Crippen molar-refractivity contribution in [3.05, 3.63) is 64.7 Å². The molecule has 3 nitrogen and oxygen atoms in total. The van der Waals surface area contributed by atoms with Crippen LogP contribution in [0.3, 0.4) is 0 Å². The Kier molecular flexibility index (Phi) is 5.26. The summed E-state index contributed by atoms with van der Waals surface area (Å²) >= 11 is 4.91. The molecule has 2 unspecified atom stereocenters. The van der Waals surface area contributed by atoms with Gasteiger partial charge in [-0.25, -0.2) is 4.79 Å². The Hall–Kier alpha value is -2.38. The standard InChI is InChI=1S/C23H25NO2S/c1-14(2)20-21(27)23(3,4)18-12-9-16(13-19(18)24-20)6-5-15-7-10-17(11-8-15)22(25)26/h7-14,20-21,24,27H,1-4H3,(H,25,26). The molecule has 1 aliphatic rings. The molecule has 2 aromatic carbocycles. The van der Waals surface area contributed by atoms with E-state index in [4.69, 9.17) is 17.7 Å². The fraction of sp³-hybridized carbons (Fsp3) is 0.348. The number of hydrogen-bond donors (Lipinski definition) is 3. The third-order valence-electron chi connectivity index (χ3n) is 5.32. The van der Waals surface area contributed by atoms with Crippen LogP contribution in [-0.4, -0.2) is 22.4 Å². The molecule has 1 heterocycles. The van der Waals surface area contributed by atoms with Crippen molar-refractivity contribution in [2.24, 2.45) is 5.92 Å². The predicted octanol–water partition coefficient (Wildman–Crippen LogP) is 4.81. The Morgan fingerprint density at radius 3 is 2.30 bits per heavy atom. The van der Waals surface area contributed by atoms with Crippen LogP contribution < -0.4 is 5.32 Å². The first-order valence-electron chi connectivity index (χ1n) is 9.14. The van der Waals surface area contributed by atoms with Crippen molar-refractivity contribution in [2.75, 3.05) is 5.32 Å². The highest BCUT2D eigenvalue weighted by Gasteiger charge is 2.41. The maximum atomic E-state index is 10.9. The molecular formula is C23H25NO2S. The number of nitrogens with one attached hydrogen (secondary N) is 1. The molecule has 0 aromatic heterocycles. The Morgan fingerprint density at radius 1 is 1.11 bits per heavy atom. The van der Waals surface area contributed by atoms with E-state index < -0.39 is 5.97 Å². The van der Waals surface area contributed by atoms with Gasteiger partial charge in [0.2, 0.25) is 0 Å². The van der Waals surface area contributed by atoms with Gasteiger partial charge < -0.3 is 10.4 Å². The van der Waals surface area contributed by atoms with E-state index in [0.717, 1.165) is 16.8 Å². The second-order valence-corrected chi connectivity index (χ2v) is 8.53. The second kappa shape index (κ2) is 7.32. The van der Waals surface area contributed by atoms with Crippen LogP contribution in [0.2, 0.25) is 0 Å². The zero-order valence-electron chi connectivity index (χ0n) is 16.1. The van der Waals surface area contributed by atoms with Gasteiger partial charge in [-0.1, -0.05) is 45.6 Å². The van der Waals surface area contributed by atoms with E-state index in [2.05, 4.69) is 57.0 Å². The minimum absolute atomic E-state index is 0.0305. The van der Waals surface area contributed by atoms with Crippen LogP contribution in [0.5, 0.6) is 0 Å². The Morgan fingerprint density at radius 2 is 1.70 bits per heavy atom. The van der Waals surface area contributed by atoms with Gasteiger partial charge in [0, 0.05) is 33.5 Å². The zero-order chi connectivity index (χ0) is 19.8. The topological polar surface area (TPSA) is 49.3 Å². The smallest absolute Gasteiger partial charge is 0.335 e. The Bertz CT molecular complexity index is 920. The molecule has 2 N–H and O–H groups in total. The summed E-state index contributed by atoms with van der Waals surface area (Å²) in [5, 5.41) is 12.9. The number of rotatable bonds is 2. The van der Waals surface area contributed by atoms with Gasteiger partial charge in [0.25, 0.3) is 0 Å². The summed E-state index contributed by atoms with van der Waals surface area (Å²) < 4.78 is 0. The molecule has 2 atom stereocenters. The molecule has 0 saturated carbocycles. The largest absolute Gasteiger partial charge is 0.478 e. The van der Waals surface area contributed by atoms with Crippen LogP contribution in [0.1, 0.15) is 54.7 Å². The number of aromatic carboxylic acids is 1. The molecule has 0 radical (unpaired) electrons. The summed E-state index contributed by atoms with van der Waals surface area (Å²) in [7, 11) is 0. The van der Waals surface area contributed by atoms with Gasteiger partial charge in [0.15, 0.2) is 0 Å². The van der Waals surface area contributed by atoms with Crippen molar-refractivity contribution in [3.63, 3.8) is 0 Å². The molecule has 1 aliphatic heterocycles. The molecule has 2 aromatic rings. The number of carboxylic acids is 1. The summed E-state index contributed by atoms with van der Waals surface area (Å²) in [6, 6.07) is 13.2. The van der Waals surface area contributed by atoms with E-state index in [1.165, 1.54) is 5.56 Å². The van der Waals surface area contributed by atoms with Gasteiger partial charge in [-0.15, -0.1) is 0 Å². The number of thiol groups is 1. The lowest BCUT2D eigenvalue weighted by molar-refractivity contribution is 0.0697. The van der Waals surface area contributed by atoms with Gasteiger partial charge in [-0.2, -0.15) is 12.6 Å². The quantitative estimate of drug-likeness (QED) is 0.518. The third-order valence-corrected chi connectivity index (χ3v) is 6.28. The fourth-order valence-corrected chi connectivity index (χ4v) is 4.10. The molecular weight excluding hydrogens is 354 g/mol. The summed E-state index contributed by atoms with van der Waals surface area (Å²) in [5.74, 6) is 5.84. The van der Waals surface area contributed by atoms with E-state index in [0.29, 0.717) is 12.0 Å². The van der Waals surface area contributed by atoms with Crippen molar-refractivity contribution >= 4 is 24.3 Å². The minimum Gasteiger partial charge on any atom is -0.478 e. The van der Waals surface area contributed by atoms with Gasteiger partial charge >= 0.3 is 5.97 Å². The highest BCUT2D eigenvalue weighted by Crippen LogP contribution is 2.43. The van der Waals surface area contributed by atoms with Gasteiger partial charge in [-0.05, 0) is 47.9 Å². The van der Waals surface area contributed by atoms with Crippen LogP contribution in [0.4, 0.5) is 5.69 Å². The SMILES string of the molecule is CC(C)C1Nc2cc(C#Cc3ccc(C(=O)O)cc3)ccc2C(C)(C)C1S. The molecule has 0 bridgehead atoms. The maximum absolute atomic E-state index is 10.9. The molecule has 0 aliphatic carbocycles. The van der Waals surface area contributed by atoms with Crippen molar-refractivity contribution < 1.29 is 9.90 Å². The number of benzene rings is 2. The monoisotopic (exact) mass is 379 g/mol. The molecule has 0 amide bonds. The molecule has 0 fully saturated rings. The molecule has 27 heavy (non-hydrogen) atoms. The summed E-state index contributed by atoms with van der Waals surface area (Å²) in [6.45, 7) is 8.92. The van der Waals surface area contributed by atoms with E-state index in [1.54, 1.807) is 24.3 Å². The van der Waals surface area contributed by atoms with Gasteiger partial charge in [-0.3, -0.25) is 0 Å². The molecule has 3 rings (SSSR count). The van der Waals surface area contributed by atoms with E-state index in [9.17, 15) is 4.79 Å². The van der Waals surface area contributed by atoms with Crippen LogP contribution in [-0.2, 0) is 5.41 Å². The normalized spacial score (nSPS) is 20.2. The lowest BCUT2D eigenvalue weighted by Gasteiger charge is -2.45. The minimum atomic E-state index is -0.930. The van der Waals surface area contributed by atoms with Crippen LogP contribution in [0, 0.1) is 17.8 Å². The lowest BCUT2D eigenvalue weighted by atomic mass is 9.72. The van der Waals surface area contributed by atoms with Crippen LogP contribution in [0.25, 0.3) is 0 Å². The van der Waals surface area contributed by atoms with E-state index in [-0.39, 0.29) is 16.2 Å². The number of anilines is 1. The van der Waals surface area contributed by atoms with Crippen molar-refractivity contribution in [1.82, 2.24) is 0 Å². The Balaban J connectivity index is 1.91. The number of carboxylic acid groups (broad SMARTS) is 1. The van der Waals surface area contributed by atoms with Gasteiger partial charge in [0.05, 0.1) is 5.56 Å². The summed E-state index contributed by atoms with van der Waals surface area (Å²) in [5.41, 5.74) is 4.34. The highest BCUT2D eigenvalue weighted by atomic mass is 32.1. The number of hydrogen-bond acceptors (Lipinski definition) is 3. The average Bonchev–Trinajstić information content (AvgIpc) is 2.63. The van der Waals surface area contributed by atoms with Crippen molar-refractivity contribution in [2.45, 2.75) is 44.4 Å². The molecule has 0 spiro atoms. The summed E-state index contributed by atoms with van der Waals surface area (Å²) in [6.07, 6.45) is 0. The summed E-state index contributed by atoms with van der Waals surface area (Å²) in [4.78, 5) is 10.9. The highest BCUT2D eigenvalue weighted by molar-refractivity contribution is 7.81. The van der Waals surface area contributed by atoms with E-state index in [1.807, 2.05) is 6.07 Å². The Labute approximate surface area is 166 Å². The first kappa shape index (κ1) is 19.4. The lowest BCUT2D eigenvalue weighted by Crippen LogP contribution is -2.49. The average molecular weight is 380 g/mol. The van der Waals surface area contributed by atoms with Crippen LogP contribution in [0.15, 0.2) is 42.5 Å². The fourth-order valence-electron chi connectivity index (χ4n) is 3.54. The maximum Gasteiger partial charge on any atom is 0.335 e. The molecule has 4 heteroatoms. The number of fused-ring (bicyclic) bond motifs is 1. The first-order chi connectivity index (χ1) is 12.7. The van der Waals surface area contributed by atoms with E-state index >= 15 is 0 Å². The van der Waals surface area contributed by atoms with Crippen molar-refractivity contribution in [1.29, 1.82) is 0 Å². The zero-order valence-corrected chi connectivity index (χ0v) is 17.0. The van der Waals surface area contributed by atoms with Crippen molar-refractivity contribution in [3.8, 4) is 11.8 Å². The molecule has 0 saturated heterocycles. The predicted molar refractivity (Wildman–Crippen MR) is 114 cm³/mol. The molecule has 140 valence electrons. The number of carbonyl (C=O) groups is 1. The third kappa shape index (κ3) is 3.84. The second-order valence-electron chi connectivity index (χ2n) is 7.97. The van der Waals surface area contributed by atoms with Gasteiger partial charge in [0.1, 0.15) is 0 Å². The first-order valence-corrected chi connectivity index (χ1v) is 9.66.